The molecule has 0 radical (unpaired) electrons. The molecule has 90 valence electrons. The van der Waals surface area contributed by atoms with Crippen LogP contribution in [0.5, 0.6) is 0 Å². The summed E-state index contributed by atoms with van der Waals surface area (Å²) >= 11 is 0. The smallest absolute Gasteiger partial charge is 0.0236 e. The first-order chi connectivity index (χ1) is 7.69. The highest BCUT2D eigenvalue weighted by Gasteiger charge is 2.09. The van der Waals surface area contributed by atoms with Gasteiger partial charge in [0, 0.05) is 19.1 Å². The molecule has 0 aromatic heterocycles. The third-order valence-electron chi connectivity index (χ3n) is 3.25. The quantitative estimate of drug-likeness (QED) is 0.793. The van der Waals surface area contributed by atoms with Crippen LogP contribution in [-0.2, 0) is 13.1 Å². The van der Waals surface area contributed by atoms with Crippen LogP contribution in [0.15, 0.2) is 24.3 Å². The van der Waals surface area contributed by atoms with Gasteiger partial charge < -0.3 is 5.32 Å². The summed E-state index contributed by atoms with van der Waals surface area (Å²) in [4.78, 5) is 2.41. The van der Waals surface area contributed by atoms with Crippen LogP contribution >= 0.6 is 0 Å². The Balaban J connectivity index is 2.71. The lowest BCUT2D eigenvalue weighted by Gasteiger charge is -2.24. The molecule has 0 aliphatic rings. The van der Waals surface area contributed by atoms with Crippen molar-refractivity contribution in [1.82, 2.24) is 10.2 Å². The number of hydrogen-bond donors (Lipinski definition) is 1. The maximum Gasteiger partial charge on any atom is 0.0236 e. The highest BCUT2D eigenvalue weighted by atomic mass is 15.1. The molecule has 0 saturated carbocycles. The maximum atomic E-state index is 3.22. The second kappa shape index (κ2) is 6.66. The van der Waals surface area contributed by atoms with E-state index in [4.69, 9.17) is 0 Å². The Kier molecular flexibility index (Phi) is 5.50. The number of rotatable bonds is 6. The fourth-order valence-electron chi connectivity index (χ4n) is 1.81. The molecule has 2 heteroatoms. The number of nitrogens with zero attached hydrogens (tertiary/aromatic N) is 1. The summed E-state index contributed by atoms with van der Waals surface area (Å²) < 4.78 is 0. The lowest BCUT2D eigenvalue weighted by Crippen LogP contribution is -2.28. The average molecular weight is 220 g/mol. The van der Waals surface area contributed by atoms with Crippen molar-refractivity contribution >= 4 is 0 Å². The van der Waals surface area contributed by atoms with Gasteiger partial charge in [-0.1, -0.05) is 31.2 Å². The molecule has 0 amide bonds. The van der Waals surface area contributed by atoms with Gasteiger partial charge in [0.25, 0.3) is 0 Å². The van der Waals surface area contributed by atoms with Gasteiger partial charge in [0.1, 0.15) is 0 Å². The van der Waals surface area contributed by atoms with Crippen molar-refractivity contribution < 1.29 is 0 Å². The van der Waals surface area contributed by atoms with Crippen molar-refractivity contribution in [3.63, 3.8) is 0 Å². The van der Waals surface area contributed by atoms with Crippen molar-refractivity contribution in [1.29, 1.82) is 0 Å². The first-order valence-corrected chi connectivity index (χ1v) is 6.10. The largest absolute Gasteiger partial charge is 0.316 e. The number of nitrogens with one attached hydrogen (secondary N) is 1. The van der Waals surface area contributed by atoms with Gasteiger partial charge >= 0.3 is 0 Å². The van der Waals surface area contributed by atoms with Crippen molar-refractivity contribution in [3.8, 4) is 0 Å². The number of benzene rings is 1. The lowest BCUT2D eigenvalue weighted by atomic mass is 10.1. The van der Waals surface area contributed by atoms with Crippen LogP contribution in [0.4, 0.5) is 0 Å². The van der Waals surface area contributed by atoms with E-state index in [9.17, 15) is 0 Å². The Hall–Kier alpha value is -0.860. The first-order valence-electron chi connectivity index (χ1n) is 6.10. The normalized spacial score (nSPS) is 13.1. The molecule has 1 rings (SSSR count). The van der Waals surface area contributed by atoms with E-state index in [0.717, 1.165) is 13.1 Å². The average Bonchev–Trinajstić information content (AvgIpc) is 2.31. The zero-order valence-electron chi connectivity index (χ0n) is 11.0. The molecule has 1 N–H and O–H groups in total. The van der Waals surface area contributed by atoms with Gasteiger partial charge in [-0.15, -0.1) is 0 Å². The van der Waals surface area contributed by atoms with Gasteiger partial charge in [-0.05, 0) is 38.6 Å². The molecule has 0 heterocycles. The molecular formula is C14H24N2. The minimum Gasteiger partial charge on any atom is -0.316 e. The van der Waals surface area contributed by atoms with Gasteiger partial charge in [-0.25, -0.2) is 0 Å². The zero-order valence-corrected chi connectivity index (χ0v) is 11.0. The summed E-state index contributed by atoms with van der Waals surface area (Å²) in [5.41, 5.74) is 2.83. The molecule has 0 fully saturated rings. The van der Waals surface area contributed by atoms with Crippen LogP contribution in [0, 0.1) is 0 Å². The summed E-state index contributed by atoms with van der Waals surface area (Å²) in [6, 6.07) is 9.31. The van der Waals surface area contributed by atoms with E-state index in [1.54, 1.807) is 0 Å². The van der Waals surface area contributed by atoms with E-state index < -0.39 is 0 Å². The minimum absolute atomic E-state index is 0.641. The molecule has 0 saturated heterocycles. The molecule has 0 spiro atoms. The summed E-state index contributed by atoms with van der Waals surface area (Å²) in [7, 11) is 4.19. The molecule has 0 aliphatic carbocycles. The van der Waals surface area contributed by atoms with Gasteiger partial charge in [0.15, 0.2) is 0 Å². The molecule has 0 bridgehead atoms. The standard InChI is InChI=1S/C14H24N2/c1-5-12(2)16(4)11-14-9-7-6-8-13(14)10-15-3/h6-9,12,15H,5,10-11H2,1-4H3. The Morgan fingerprint density at radius 2 is 1.88 bits per heavy atom. The Morgan fingerprint density at radius 1 is 1.25 bits per heavy atom. The van der Waals surface area contributed by atoms with E-state index in [1.807, 2.05) is 7.05 Å². The molecule has 1 aromatic carbocycles. The Bertz CT molecular complexity index is 309. The third-order valence-corrected chi connectivity index (χ3v) is 3.25. The minimum atomic E-state index is 0.641. The van der Waals surface area contributed by atoms with Crippen molar-refractivity contribution in [3.05, 3.63) is 35.4 Å². The molecule has 1 aromatic rings. The van der Waals surface area contributed by atoms with E-state index in [2.05, 4.69) is 55.4 Å². The highest BCUT2D eigenvalue weighted by molar-refractivity contribution is 5.26. The predicted molar refractivity (Wildman–Crippen MR) is 70.4 cm³/mol. The SMILES string of the molecule is CCC(C)N(C)Cc1ccccc1CNC. The fraction of sp³-hybridized carbons (Fsp3) is 0.571. The van der Waals surface area contributed by atoms with Crippen LogP contribution in [0.25, 0.3) is 0 Å². The van der Waals surface area contributed by atoms with Crippen LogP contribution in [0.1, 0.15) is 31.4 Å². The van der Waals surface area contributed by atoms with E-state index in [1.165, 1.54) is 17.5 Å². The van der Waals surface area contributed by atoms with Gasteiger partial charge in [-0.2, -0.15) is 0 Å². The summed E-state index contributed by atoms with van der Waals surface area (Å²) in [5.74, 6) is 0. The predicted octanol–water partition coefficient (Wildman–Crippen LogP) is 2.64. The van der Waals surface area contributed by atoms with Gasteiger partial charge in [-0.3, -0.25) is 4.90 Å². The van der Waals surface area contributed by atoms with Crippen molar-refractivity contribution in [2.45, 2.75) is 39.4 Å². The second-order valence-electron chi connectivity index (χ2n) is 4.47. The van der Waals surface area contributed by atoms with E-state index >= 15 is 0 Å². The van der Waals surface area contributed by atoms with Crippen LogP contribution in [0.3, 0.4) is 0 Å². The topological polar surface area (TPSA) is 15.3 Å². The van der Waals surface area contributed by atoms with Gasteiger partial charge in [0.2, 0.25) is 0 Å². The lowest BCUT2D eigenvalue weighted by molar-refractivity contribution is 0.243. The van der Waals surface area contributed by atoms with E-state index in [0.29, 0.717) is 6.04 Å². The van der Waals surface area contributed by atoms with Crippen molar-refractivity contribution in [2.75, 3.05) is 14.1 Å². The molecule has 0 aliphatic heterocycles. The second-order valence-corrected chi connectivity index (χ2v) is 4.47. The maximum absolute atomic E-state index is 3.22. The van der Waals surface area contributed by atoms with Crippen LogP contribution < -0.4 is 5.32 Å². The molecular weight excluding hydrogens is 196 g/mol. The Labute approximate surface area is 99.7 Å². The molecule has 1 unspecified atom stereocenters. The third kappa shape index (κ3) is 3.62. The van der Waals surface area contributed by atoms with Gasteiger partial charge in [0.05, 0.1) is 0 Å². The molecule has 16 heavy (non-hydrogen) atoms. The van der Waals surface area contributed by atoms with Crippen LogP contribution in [0.2, 0.25) is 0 Å². The van der Waals surface area contributed by atoms with Crippen molar-refractivity contribution in [2.24, 2.45) is 0 Å². The highest BCUT2D eigenvalue weighted by Crippen LogP contribution is 2.13. The summed E-state index contributed by atoms with van der Waals surface area (Å²) in [6.45, 7) is 6.50. The zero-order chi connectivity index (χ0) is 12.0. The van der Waals surface area contributed by atoms with Crippen LogP contribution in [-0.4, -0.2) is 25.0 Å². The monoisotopic (exact) mass is 220 g/mol. The summed E-state index contributed by atoms with van der Waals surface area (Å²) in [6.07, 6.45) is 1.20. The summed E-state index contributed by atoms with van der Waals surface area (Å²) in [5, 5.41) is 3.22. The molecule has 2 nitrogen and oxygen atoms in total. The fourth-order valence-corrected chi connectivity index (χ4v) is 1.81. The first kappa shape index (κ1) is 13.2. The number of hydrogen-bond acceptors (Lipinski definition) is 2. The van der Waals surface area contributed by atoms with E-state index in [-0.39, 0.29) is 0 Å². The molecule has 1 atom stereocenters. The Morgan fingerprint density at radius 3 is 2.44 bits per heavy atom.